The van der Waals surface area contributed by atoms with Gasteiger partial charge in [-0.15, -0.1) is 0 Å². The Hall–Kier alpha value is -0.790. The Balaban J connectivity index is 2.39. The average Bonchev–Trinajstić information content (AvgIpc) is 2.45. The van der Waals surface area contributed by atoms with E-state index in [2.05, 4.69) is 32.9 Å². The van der Waals surface area contributed by atoms with E-state index in [0.29, 0.717) is 13.2 Å². The SMILES string of the molecule is COCC#CCn1ccc(Br)n1. The second kappa shape index (κ2) is 4.96. The molecule has 0 aromatic carbocycles. The topological polar surface area (TPSA) is 27.1 Å². The third-order valence-corrected chi connectivity index (χ3v) is 1.61. The Bertz CT molecular complexity index is 297. The van der Waals surface area contributed by atoms with Crippen LogP contribution in [0.3, 0.4) is 0 Å². The van der Waals surface area contributed by atoms with Gasteiger partial charge >= 0.3 is 0 Å². The van der Waals surface area contributed by atoms with Crippen LogP contribution in [-0.4, -0.2) is 23.5 Å². The molecule has 0 bridgehead atoms. The highest BCUT2D eigenvalue weighted by Gasteiger charge is 1.90. The van der Waals surface area contributed by atoms with E-state index >= 15 is 0 Å². The van der Waals surface area contributed by atoms with Crippen LogP contribution in [0.4, 0.5) is 0 Å². The first kappa shape index (κ1) is 9.30. The molecule has 0 atom stereocenters. The fourth-order valence-electron chi connectivity index (χ4n) is 0.685. The zero-order chi connectivity index (χ0) is 8.81. The van der Waals surface area contributed by atoms with Crippen molar-refractivity contribution in [2.75, 3.05) is 13.7 Å². The lowest BCUT2D eigenvalue weighted by Crippen LogP contribution is -1.95. The van der Waals surface area contributed by atoms with Gasteiger partial charge in [0.05, 0.1) is 0 Å². The molecular weight excluding hydrogens is 220 g/mol. The molecule has 12 heavy (non-hydrogen) atoms. The summed E-state index contributed by atoms with van der Waals surface area (Å²) in [4.78, 5) is 0. The maximum Gasteiger partial charge on any atom is 0.128 e. The summed E-state index contributed by atoms with van der Waals surface area (Å²) in [5.74, 6) is 5.76. The summed E-state index contributed by atoms with van der Waals surface area (Å²) in [5, 5.41) is 4.10. The smallest absolute Gasteiger partial charge is 0.128 e. The normalized spacial score (nSPS) is 9.17. The fourth-order valence-corrected chi connectivity index (χ4v) is 1.01. The van der Waals surface area contributed by atoms with Crippen molar-refractivity contribution in [3.8, 4) is 11.8 Å². The summed E-state index contributed by atoms with van der Waals surface area (Å²) in [6.07, 6.45) is 1.87. The number of halogens is 1. The molecule has 0 fully saturated rings. The van der Waals surface area contributed by atoms with E-state index in [9.17, 15) is 0 Å². The highest BCUT2D eigenvalue weighted by Crippen LogP contribution is 2.02. The average molecular weight is 229 g/mol. The number of methoxy groups -OCH3 is 1. The summed E-state index contributed by atoms with van der Waals surface area (Å²) >= 11 is 3.25. The number of hydrogen-bond acceptors (Lipinski definition) is 2. The third-order valence-electron chi connectivity index (χ3n) is 1.19. The Morgan fingerprint density at radius 2 is 2.50 bits per heavy atom. The Morgan fingerprint density at radius 3 is 3.08 bits per heavy atom. The Morgan fingerprint density at radius 1 is 1.67 bits per heavy atom. The van der Waals surface area contributed by atoms with Gasteiger partial charge in [-0.2, -0.15) is 5.10 Å². The zero-order valence-electron chi connectivity index (χ0n) is 6.75. The molecule has 0 radical (unpaired) electrons. The van der Waals surface area contributed by atoms with Crippen LogP contribution in [-0.2, 0) is 11.3 Å². The lowest BCUT2D eigenvalue weighted by Gasteiger charge is -1.90. The van der Waals surface area contributed by atoms with Gasteiger partial charge in [-0.3, -0.25) is 4.68 Å². The number of rotatable bonds is 2. The zero-order valence-corrected chi connectivity index (χ0v) is 8.34. The molecule has 0 N–H and O–H groups in total. The van der Waals surface area contributed by atoms with Gasteiger partial charge in [0.15, 0.2) is 0 Å². The summed E-state index contributed by atoms with van der Waals surface area (Å²) in [6.45, 7) is 1.08. The van der Waals surface area contributed by atoms with Crippen molar-refractivity contribution < 1.29 is 4.74 Å². The summed E-state index contributed by atoms with van der Waals surface area (Å²) < 4.78 is 7.36. The van der Waals surface area contributed by atoms with Gasteiger partial charge in [0.2, 0.25) is 0 Å². The van der Waals surface area contributed by atoms with Gasteiger partial charge in [0.25, 0.3) is 0 Å². The van der Waals surface area contributed by atoms with Gasteiger partial charge in [0, 0.05) is 13.3 Å². The van der Waals surface area contributed by atoms with Crippen molar-refractivity contribution in [3.05, 3.63) is 16.9 Å². The van der Waals surface area contributed by atoms with Crippen molar-refractivity contribution in [2.24, 2.45) is 0 Å². The third kappa shape index (κ3) is 3.07. The molecule has 0 aliphatic heterocycles. The predicted molar refractivity (Wildman–Crippen MR) is 49.6 cm³/mol. The van der Waals surface area contributed by atoms with E-state index in [4.69, 9.17) is 4.74 Å². The maximum absolute atomic E-state index is 4.77. The van der Waals surface area contributed by atoms with Crippen LogP contribution in [0.5, 0.6) is 0 Å². The highest BCUT2D eigenvalue weighted by molar-refractivity contribution is 9.10. The number of hydrogen-bond donors (Lipinski definition) is 0. The van der Waals surface area contributed by atoms with Crippen LogP contribution in [0.15, 0.2) is 16.9 Å². The molecule has 4 heteroatoms. The molecular formula is C8H9BrN2O. The van der Waals surface area contributed by atoms with Crippen LogP contribution >= 0.6 is 15.9 Å². The molecule has 0 unspecified atom stereocenters. The van der Waals surface area contributed by atoms with E-state index in [-0.39, 0.29) is 0 Å². The van der Waals surface area contributed by atoms with Crippen molar-refractivity contribution in [2.45, 2.75) is 6.54 Å². The van der Waals surface area contributed by atoms with Crippen molar-refractivity contribution >= 4 is 15.9 Å². The van der Waals surface area contributed by atoms with Crippen LogP contribution in [0.2, 0.25) is 0 Å². The summed E-state index contributed by atoms with van der Waals surface area (Å²) in [5.41, 5.74) is 0. The van der Waals surface area contributed by atoms with E-state index in [1.54, 1.807) is 11.8 Å². The Kier molecular flexibility index (Phi) is 3.85. The monoisotopic (exact) mass is 228 g/mol. The lowest BCUT2D eigenvalue weighted by atomic mass is 10.6. The Labute approximate surface area is 79.8 Å². The van der Waals surface area contributed by atoms with Crippen LogP contribution < -0.4 is 0 Å². The molecule has 0 saturated carbocycles. The minimum Gasteiger partial charge on any atom is -0.372 e. The molecule has 1 rings (SSSR count). The largest absolute Gasteiger partial charge is 0.372 e. The first-order valence-corrected chi connectivity index (χ1v) is 4.26. The summed E-state index contributed by atoms with van der Waals surface area (Å²) in [6, 6.07) is 1.87. The molecule has 1 heterocycles. The standard InChI is InChI=1S/C8H9BrN2O/c1-12-7-3-2-5-11-6-4-8(9)10-11/h4,6H,5,7H2,1H3. The summed E-state index contributed by atoms with van der Waals surface area (Å²) in [7, 11) is 1.62. The van der Waals surface area contributed by atoms with Crippen LogP contribution in [0, 0.1) is 11.8 Å². The van der Waals surface area contributed by atoms with Crippen molar-refractivity contribution in [1.29, 1.82) is 0 Å². The van der Waals surface area contributed by atoms with Gasteiger partial charge in [-0.05, 0) is 22.0 Å². The number of aromatic nitrogens is 2. The quantitative estimate of drug-likeness (QED) is 0.714. The van der Waals surface area contributed by atoms with Crippen molar-refractivity contribution in [1.82, 2.24) is 9.78 Å². The first-order chi connectivity index (χ1) is 5.83. The molecule has 0 spiro atoms. The molecule has 0 amide bonds. The number of nitrogens with zero attached hydrogens (tertiary/aromatic N) is 2. The maximum atomic E-state index is 4.77. The molecule has 64 valence electrons. The van der Waals surface area contributed by atoms with E-state index in [1.165, 1.54) is 0 Å². The molecule has 1 aromatic heterocycles. The number of ether oxygens (including phenoxy) is 1. The minimum absolute atomic E-state index is 0.475. The predicted octanol–water partition coefficient (Wildman–Crippen LogP) is 1.30. The van der Waals surface area contributed by atoms with Crippen molar-refractivity contribution in [3.63, 3.8) is 0 Å². The van der Waals surface area contributed by atoms with E-state index in [1.807, 2.05) is 12.3 Å². The van der Waals surface area contributed by atoms with Gasteiger partial charge < -0.3 is 4.74 Å². The minimum atomic E-state index is 0.475. The molecule has 0 aliphatic carbocycles. The lowest BCUT2D eigenvalue weighted by molar-refractivity contribution is 0.239. The van der Waals surface area contributed by atoms with E-state index < -0.39 is 0 Å². The molecule has 0 aliphatic rings. The second-order valence-corrected chi connectivity index (χ2v) is 2.94. The first-order valence-electron chi connectivity index (χ1n) is 3.46. The molecule has 1 aromatic rings. The second-order valence-electron chi connectivity index (χ2n) is 2.12. The van der Waals surface area contributed by atoms with E-state index in [0.717, 1.165) is 4.60 Å². The fraction of sp³-hybridized carbons (Fsp3) is 0.375. The van der Waals surface area contributed by atoms with Crippen LogP contribution in [0.1, 0.15) is 0 Å². The van der Waals surface area contributed by atoms with Gasteiger partial charge in [0.1, 0.15) is 17.8 Å². The molecule has 3 nitrogen and oxygen atoms in total. The van der Waals surface area contributed by atoms with Gasteiger partial charge in [-0.25, -0.2) is 0 Å². The highest BCUT2D eigenvalue weighted by atomic mass is 79.9. The molecule has 0 saturated heterocycles. The van der Waals surface area contributed by atoms with Gasteiger partial charge in [-0.1, -0.05) is 11.8 Å². The van der Waals surface area contributed by atoms with Crippen LogP contribution in [0.25, 0.3) is 0 Å².